The fourth-order valence-electron chi connectivity index (χ4n) is 3.27. The van der Waals surface area contributed by atoms with Crippen molar-refractivity contribution in [1.82, 2.24) is 4.98 Å². The minimum Gasteiger partial charge on any atom is -0.496 e. The lowest BCUT2D eigenvalue weighted by Gasteiger charge is -2.18. The molecule has 0 saturated heterocycles. The van der Waals surface area contributed by atoms with Crippen LogP contribution in [0.3, 0.4) is 0 Å². The molecule has 5 nitrogen and oxygen atoms in total. The van der Waals surface area contributed by atoms with Gasteiger partial charge in [0.05, 0.1) is 12.7 Å². The molecule has 152 valence electrons. The Balaban J connectivity index is 1.59. The molecule has 1 N–H and O–H groups in total. The molecule has 0 atom stereocenters. The Labute approximate surface area is 175 Å². The Morgan fingerprint density at radius 3 is 2.43 bits per heavy atom. The normalized spacial score (nSPS) is 11.5. The second-order valence-electron chi connectivity index (χ2n) is 8.18. The molecule has 4 rings (SSSR count). The van der Waals surface area contributed by atoms with Gasteiger partial charge in [-0.05, 0) is 47.4 Å². The van der Waals surface area contributed by atoms with E-state index in [0.29, 0.717) is 28.5 Å². The van der Waals surface area contributed by atoms with E-state index in [1.165, 1.54) is 5.56 Å². The largest absolute Gasteiger partial charge is 0.496 e. The molecule has 0 aliphatic rings. The molecule has 0 spiro atoms. The van der Waals surface area contributed by atoms with Crippen molar-refractivity contribution in [2.45, 2.75) is 26.2 Å². The lowest BCUT2D eigenvalue weighted by atomic mass is 9.87. The van der Waals surface area contributed by atoms with E-state index in [-0.39, 0.29) is 11.3 Å². The number of rotatable bonds is 4. The summed E-state index contributed by atoms with van der Waals surface area (Å²) in [6.07, 6.45) is 0. The number of benzene rings is 3. The van der Waals surface area contributed by atoms with E-state index >= 15 is 0 Å². The first-order chi connectivity index (χ1) is 14.3. The zero-order valence-corrected chi connectivity index (χ0v) is 17.5. The highest BCUT2D eigenvalue weighted by atomic mass is 16.5. The van der Waals surface area contributed by atoms with Gasteiger partial charge < -0.3 is 14.5 Å². The third-order valence-electron chi connectivity index (χ3n) is 5.00. The quantitative estimate of drug-likeness (QED) is 0.453. The number of para-hydroxylation sites is 1. The Morgan fingerprint density at radius 1 is 1.00 bits per heavy atom. The van der Waals surface area contributed by atoms with E-state index in [4.69, 9.17) is 9.15 Å². The first-order valence-corrected chi connectivity index (χ1v) is 9.81. The standard InChI is InChI=1S/C25H24N2O3/c1-25(2,3)17-11-9-16(10-12-17)24-27-20-14-13-18(15-22(20)30-24)26-23(28)19-7-5-6-8-21(19)29-4/h5-15H,1-4H3,(H,26,28). The number of methoxy groups -OCH3 is 1. The van der Waals surface area contributed by atoms with Gasteiger partial charge in [-0.25, -0.2) is 4.98 Å². The fraction of sp³-hybridized carbons (Fsp3) is 0.200. The number of nitrogens with one attached hydrogen (secondary N) is 1. The van der Waals surface area contributed by atoms with Gasteiger partial charge in [0.2, 0.25) is 5.89 Å². The number of carbonyl (C=O) groups is 1. The highest BCUT2D eigenvalue weighted by Crippen LogP contribution is 2.29. The summed E-state index contributed by atoms with van der Waals surface area (Å²) in [6.45, 7) is 6.55. The molecule has 4 aromatic rings. The number of hydrogen-bond donors (Lipinski definition) is 1. The molecular weight excluding hydrogens is 376 g/mol. The summed E-state index contributed by atoms with van der Waals surface area (Å²) in [5.41, 5.74) is 4.71. The monoisotopic (exact) mass is 400 g/mol. The van der Waals surface area contributed by atoms with Crippen molar-refractivity contribution in [2.75, 3.05) is 12.4 Å². The van der Waals surface area contributed by atoms with Crippen LogP contribution in [-0.2, 0) is 5.41 Å². The topological polar surface area (TPSA) is 64.4 Å². The molecule has 0 aliphatic carbocycles. The fourth-order valence-corrected chi connectivity index (χ4v) is 3.27. The lowest BCUT2D eigenvalue weighted by Crippen LogP contribution is -2.12. The van der Waals surface area contributed by atoms with Crippen molar-refractivity contribution in [3.8, 4) is 17.2 Å². The Bertz CT molecular complexity index is 1200. The Morgan fingerprint density at radius 2 is 1.73 bits per heavy atom. The van der Waals surface area contributed by atoms with Crippen molar-refractivity contribution in [1.29, 1.82) is 0 Å². The third-order valence-corrected chi connectivity index (χ3v) is 5.00. The molecule has 0 radical (unpaired) electrons. The number of hydrogen-bond acceptors (Lipinski definition) is 4. The van der Waals surface area contributed by atoms with Gasteiger partial charge in [0.15, 0.2) is 5.58 Å². The number of ether oxygens (including phenoxy) is 1. The maximum Gasteiger partial charge on any atom is 0.259 e. The lowest BCUT2D eigenvalue weighted by molar-refractivity contribution is 0.102. The van der Waals surface area contributed by atoms with Crippen LogP contribution in [0.4, 0.5) is 5.69 Å². The number of aromatic nitrogens is 1. The maximum absolute atomic E-state index is 12.6. The Hall–Kier alpha value is -3.60. The number of carbonyl (C=O) groups excluding carboxylic acids is 1. The minimum absolute atomic E-state index is 0.0916. The summed E-state index contributed by atoms with van der Waals surface area (Å²) in [4.78, 5) is 17.2. The van der Waals surface area contributed by atoms with Gasteiger partial charge in [-0.3, -0.25) is 4.79 Å². The number of amides is 1. The second kappa shape index (κ2) is 7.67. The molecule has 1 heterocycles. The molecule has 0 saturated carbocycles. The van der Waals surface area contributed by atoms with Crippen LogP contribution in [0.25, 0.3) is 22.6 Å². The van der Waals surface area contributed by atoms with Crippen LogP contribution in [0.15, 0.2) is 71.1 Å². The van der Waals surface area contributed by atoms with E-state index in [9.17, 15) is 4.79 Å². The summed E-state index contributed by atoms with van der Waals surface area (Å²) in [5, 5.41) is 2.89. The molecule has 30 heavy (non-hydrogen) atoms. The summed E-state index contributed by atoms with van der Waals surface area (Å²) >= 11 is 0. The van der Waals surface area contributed by atoms with E-state index in [2.05, 4.69) is 43.2 Å². The molecule has 5 heteroatoms. The first-order valence-electron chi connectivity index (χ1n) is 9.81. The van der Waals surface area contributed by atoms with Crippen LogP contribution in [-0.4, -0.2) is 18.0 Å². The van der Waals surface area contributed by atoms with Crippen LogP contribution < -0.4 is 10.1 Å². The van der Waals surface area contributed by atoms with Gasteiger partial charge in [-0.2, -0.15) is 0 Å². The zero-order chi connectivity index (χ0) is 21.3. The smallest absolute Gasteiger partial charge is 0.259 e. The molecule has 3 aromatic carbocycles. The summed E-state index contributed by atoms with van der Waals surface area (Å²) < 4.78 is 11.2. The van der Waals surface area contributed by atoms with Crippen molar-refractivity contribution in [2.24, 2.45) is 0 Å². The SMILES string of the molecule is COc1ccccc1C(=O)Nc1ccc2nc(-c3ccc(C(C)(C)C)cc3)oc2c1. The second-order valence-corrected chi connectivity index (χ2v) is 8.18. The molecule has 1 amide bonds. The van der Waals surface area contributed by atoms with Crippen LogP contribution in [0.2, 0.25) is 0 Å². The third kappa shape index (κ3) is 3.92. The molecule has 0 unspecified atom stereocenters. The molecule has 1 aromatic heterocycles. The van der Waals surface area contributed by atoms with Gasteiger partial charge in [-0.15, -0.1) is 0 Å². The molecule has 0 bridgehead atoms. The predicted octanol–water partition coefficient (Wildman–Crippen LogP) is 6.05. The Kier molecular flexibility index (Phi) is 5.04. The average Bonchev–Trinajstić information content (AvgIpc) is 3.16. The van der Waals surface area contributed by atoms with E-state index in [1.807, 2.05) is 30.3 Å². The predicted molar refractivity (Wildman–Crippen MR) is 119 cm³/mol. The maximum atomic E-state index is 12.6. The molecule has 0 aliphatic heterocycles. The first kappa shape index (κ1) is 19.7. The van der Waals surface area contributed by atoms with Gasteiger partial charge >= 0.3 is 0 Å². The van der Waals surface area contributed by atoms with Crippen molar-refractivity contribution < 1.29 is 13.9 Å². The van der Waals surface area contributed by atoms with Crippen molar-refractivity contribution in [3.05, 3.63) is 77.9 Å². The summed E-state index contributed by atoms with van der Waals surface area (Å²) in [5.74, 6) is 0.833. The van der Waals surface area contributed by atoms with Gasteiger partial charge in [-0.1, -0.05) is 45.0 Å². The minimum atomic E-state index is -0.246. The van der Waals surface area contributed by atoms with Crippen LogP contribution in [0, 0.1) is 0 Å². The van der Waals surface area contributed by atoms with Crippen molar-refractivity contribution in [3.63, 3.8) is 0 Å². The highest BCUT2D eigenvalue weighted by Gasteiger charge is 2.16. The average molecular weight is 400 g/mol. The zero-order valence-electron chi connectivity index (χ0n) is 17.5. The molecule has 0 fully saturated rings. The van der Waals surface area contributed by atoms with E-state index < -0.39 is 0 Å². The van der Waals surface area contributed by atoms with E-state index in [0.717, 1.165) is 11.1 Å². The van der Waals surface area contributed by atoms with Crippen LogP contribution >= 0.6 is 0 Å². The number of fused-ring (bicyclic) bond motifs is 1. The van der Waals surface area contributed by atoms with Crippen molar-refractivity contribution >= 4 is 22.7 Å². The van der Waals surface area contributed by atoms with Gasteiger partial charge in [0.25, 0.3) is 5.91 Å². The summed E-state index contributed by atoms with van der Waals surface area (Å²) in [7, 11) is 1.54. The summed E-state index contributed by atoms with van der Waals surface area (Å²) in [6, 6.07) is 20.8. The molecular formula is C25H24N2O3. The van der Waals surface area contributed by atoms with Gasteiger partial charge in [0, 0.05) is 17.3 Å². The van der Waals surface area contributed by atoms with Gasteiger partial charge in [0.1, 0.15) is 11.3 Å². The number of anilines is 1. The van der Waals surface area contributed by atoms with E-state index in [1.54, 1.807) is 31.4 Å². The number of nitrogens with zero attached hydrogens (tertiary/aromatic N) is 1. The van der Waals surface area contributed by atoms with Crippen LogP contribution in [0.5, 0.6) is 5.75 Å². The highest BCUT2D eigenvalue weighted by molar-refractivity contribution is 6.06. The number of oxazole rings is 1. The van der Waals surface area contributed by atoms with Crippen LogP contribution in [0.1, 0.15) is 36.7 Å².